The summed E-state index contributed by atoms with van der Waals surface area (Å²) < 4.78 is 39.5. The normalized spacial score (nSPS) is 12.1. The number of hydrogen-bond acceptors (Lipinski definition) is 9. The molecule has 2 aromatic heterocycles. The van der Waals surface area contributed by atoms with Gasteiger partial charge >= 0.3 is 13.5 Å². The zero-order valence-electron chi connectivity index (χ0n) is 17.3. The van der Waals surface area contributed by atoms with Crippen molar-refractivity contribution in [2.24, 2.45) is 7.05 Å². The first-order chi connectivity index (χ1) is 14.8. The topological polar surface area (TPSA) is 184 Å². The maximum Gasteiger partial charge on any atom is 0.469 e. The number of phosphoric acid groups is 1. The van der Waals surface area contributed by atoms with E-state index in [0.717, 1.165) is 0 Å². The van der Waals surface area contributed by atoms with E-state index in [-0.39, 0.29) is 31.3 Å². The summed E-state index contributed by atoms with van der Waals surface area (Å²) >= 11 is 0. The fourth-order valence-electron chi connectivity index (χ4n) is 2.62. The molecule has 0 saturated carbocycles. The summed E-state index contributed by atoms with van der Waals surface area (Å²) in [5.74, 6) is 0.0643. The number of anilines is 1. The molecule has 15 heteroatoms. The van der Waals surface area contributed by atoms with Gasteiger partial charge < -0.3 is 34.5 Å². The van der Waals surface area contributed by atoms with Crippen LogP contribution in [0.25, 0.3) is 11.2 Å². The number of ether oxygens (including phenoxy) is 4. The van der Waals surface area contributed by atoms with Gasteiger partial charge in [-0.25, -0.2) is 9.13 Å². The highest BCUT2D eigenvalue weighted by atomic mass is 31.2. The van der Waals surface area contributed by atoms with Crippen molar-refractivity contribution in [3.8, 4) is 0 Å². The predicted molar refractivity (Wildman–Crippen MR) is 107 cm³/mol. The minimum atomic E-state index is -4.44. The fraction of sp³-hybridized carbons (Fsp3) is 0.688. The molecule has 14 nitrogen and oxygen atoms in total. The number of H-pyrrole nitrogens is 1. The molecule has 0 bridgehead atoms. The van der Waals surface area contributed by atoms with E-state index in [2.05, 4.69) is 14.5 Å². The SMILES string of the molecule is Cn1c[n+](CCOCCOCCOCCOCCOP(=O)(O)O)c2nc(N)[nH]c(=O)c21. The number of aryl methyl sites for hydroxylation is 1. The Hall–Kier alpha value is -1.90. The van der Waals surface area contributed by atoms with E-state index in [4.69, 9.17) is 34.5 Å². The number of nitrogens with zero attached hydrogens (tertiary/aromatic N) is 3. The Labute approximate surface area is 178 Å². The summed E-state index contributed by atoms with van der Waals surface area (Å²) in [5.41, 5.74) is 6.26. The van der Waals surface area contributed by atoms with Crippen LogP contribution >= 0.6 is 7.82 Å². The third-order valence-electron chi connectivity index (χ3n) is 3.91. The van der Waals surface area contributed by atoms with E-state index in [0.29, 0.717) is 57.3 Å². The van der Waals surface area contributed by atoms with Crippen LogP contribution in [-0.4, -0.2) is 83.8 Å². The molecule has 176 valence electrons. The van der Waals surface area contributed by atoms with Crippen LogP contribution in [0.15, 0.2) is 11.1 Å². The number of nitrogens with two attached hydrogens (primary N) is 1. The van der Waals surface area contributed by atoms with Gasteiger partial charge in [-0.1, -0.05) is 4.98 Å². The number of imidazole rings is 1. The highest BCUT2D eigenvalue weighted by Crippen LogP contribution is 2.35. The summed E-state index contributed by atoms with van der Waals surface area (Å²) in [6.07, 6.45) is 1.76. The van der Waals surface area contributed by atoms with Crippen LogP contribution in [0.3, 0.4) is 0 Å². The van der Waals surface area contributed by atoms with Crippen LogP contribution in [0.2, 0.25) is 0 Å². The molecule has 0 amide bonds. The van der Waals surface area contributed by atoms with E-state index < -0.39 is 7.82 Å². The standard InChI is InChI=1S/C16H28N5O9P/c1-20-12-21(14-13(20)15(22)19-16(17)18-14)2-3-26-4-5-27-6-7-28-8-9-29-10-11-30-31(23,24)25/h12H,2-11H2,1H3,(H4-,17,18,19,22,23,24,25)/p+1. The molecule has 0 saturated heterocycles. The van der Waals surface area contributed by atoms with Gasteiger partial charge in [0.2, 0.25) is 5.52 Å². The van der Waals surface area contributed by atoms with Crippen molar-refractivity contribution in [2.75, 3.05) is 65.2 Å². The summed E-state index contributed by atoms with van der Waals surface area (Å²) in [7, 11) is -2.68. The maximum atomic E-state index is 12.0. The molecule has 0 aliphatic rings. The van der Waals surface area contributed by atoms with Gasteiger partial charge in [0, 0.05) is 0 Å². The number of fused-ring (bicyclic) bond motifs is 1. The Balaban J connectivity index is 1.46. The monoisotopic (exact) mass is 466 g/mol. The molecule has 0 aromatic carbocycles. The lowest BCUT2D eigenvalue weighted by molar-refractivity contribution is -0.675. The first-order valence-electron chi connectivity index (χ1n) is 9.53. The van der Waals surface area contributed by atoms with Crippen molar-refractivity contribution >= 4 is 24.9 Å². The Morgan fingerprint density at radius 3 is 2.10 bits per heavy atom. The second kappa shape index (κ2) is 12.8. The number of hydrogen-bond donors (Lipinski definition) is 4. The Morgan fingerprint density at radius 1 is 1.03 bits per heavy atom. The van der Waals surface area contributed by atoms with Crippen LogP contribution in [0, 0.1) is 0 Å². The van der Waals surface area contributed by atoms with E-state index in [9.17, 15) is 9.36 Å². The first-order valence-corrected chi connectivity index (χ1v) is 11.1. The molecule has 0 radical (unpaired) electrons. The Bertz CT molecular complexity index is 913. The van der Waals surface area contributed by atoms with Gasteiger partial charge in [0.1, 0.15) is 0 Å². The van der Waals surface area contributed by atoms with Gasteiger partial charge in [-0.15, -0.1) is 0 Å². The molecular weight excluding hydrogens is 437 g/mol. The molecule has 0 atom stereocenters. The minimum Gasteiger partial charge on any atom is -0.377 e. The van der Waals surface area contributed by atoms with Crippen molar-refractivity contribution in [3.63, 3.8) is 0 Å². The lowest BCUT2D eigenvalue weighted by Crippen LogP contribution is -2.36. The van der Waals surface area contributed by atoms with Gasteiger partial charge in [0.15, 0.2) is 6.33 Å². The largest absolute Gasteiger partial charge is 0.469 e. The predicted octanol–water partition coefficient (Wildman–Crippen LogP) is -1.69. The first kappa shape index (κ1) is 25.4. The van der Waals surface area contributed by atoms with Gasteiger partial charge in [-0.05, 0) is 0 Å². The van der Waals surface area contributed by atoms with E-state index in [1.54, 1.807) is 22.5 Å². The third kappa shape index (κ3) is 9.41. The highest BCUT2D eigenvalue weighted by Gasteiger charge is 2.19. The average molecular weight is 466 g/mol. The van der Waals surface area contributed by atoms with Crippen molar-refractivity contribution in [3.05, 3.63) is 16.7 Å². The zero-order chi connectivity index (χ0) is 22.7. The Morgan fingerprint density at radius 2 is 1.55 bits per heavy atom. The molecule has 0 fully saturated rings. The molecule has 0 unspecified atom stereocenters. The molecule has 0 aliphatic heterocycles. The smallest absolute Gasteiger partial charge is 0.377 e. The van der Waals surface area contributed by atoms with Crippen LogP contribution in [0.1, 0.15) is 0 Å². The minimum absolute atomic E-state index is 0.0643. The molecule has 5 N–H and O–H groups in total. The highest BCUT2D eigenvalue weighted by molar-refractivity contribution is 7.46. The summed E-state index contributed by atoms with van der Waals surface area (Å²) in [5, 5.41) is 0. The molecule has 31 heavy (non-hydrogen) atoms. The summed E-state index contributed by atoms with van der Waals surface area (Å²) in [6.45, 7) is 3.02. The van der Waals surface area contributed by atoms with Crippen molar-refractivity contribution in [2.45, 2.75) is 6.54 Å². The van der Waals surface area contributed by atoms with E-state index >= 15 is 0 Å². The van der Waals surface area contributed by atoms with Crippen molar-refractivity contribution < 1.29 is 42.4 Å². The average Bonchev–Trinajstić information content (AvgIpc) is 2.99. The number of nitrogen functional groups attached to an aromatic ring is 1. The molecule has 0 aliphatic carbocycles. The van der Waals surface area contributed by atoms with E-state index in [1.165, 1.54) is 0 Å². The van der Waals surface area contributed by atoms with Crippen molar-refractivity contribution in [1.29, 1.82) is 0 Å². The van der Waals surface area contributed by atoms with Crippen LogP contribution in [-0.2, 0) is 41.6 Å². The second-order valence-electron chi connectivity index (χ2n) is 6.32. The molecule has 0 spiro atoms. The quantitative estimate of drug-likeness (QED) is 0.126. The summed E-state index contributed by atoms with van der Waals surface area (Å²) in [6, 6.07) is 0. The number of rotatable bonds is 16. The molecular formula is C16H29N5O9P+. The van der Waals surface area contributed by atoms with Crippen LogP contribution in [0.5, 0.6) is 0 Å². The molecule has 2 heterocycles. The van der Waals surface area contributed by atoms with Gasteiger partial charge in [0.05, 0.1) is 73.1 Å². The Kier molecular flexibility index (Phi) is 10.5. The maximum absolute atomic E-state index is 12.0. The second-order valence-corrected chi connectivity index (χ2v) is 7.56. The van der Waals surface area contributed by atoms with Gasteiger partial charge in [-0.3, -0.25) is 18.9 Å². The van der Waals surface area contributed by atoms with E-state index in [1.807, 2.05) is 0 Å². The number of aromatic amines is 1. The van der Waals surface area contributed by atoms with Gasteiger partial charge in [-0.2, -0.15) is 0 Å². The number of aromatic nitrogens is 4. The lowest BCUT2D eigenvalue weighted by Gasteiger charge is -2.08. The van der Waals surface area contributed by atoms with Crippen LogP contribution < -0.4 is 15.9 Å². The van der Waals surface area contributed by atoms with Crippen LogP contribution in [0.4, 0.5) is 5.95 Å². The zero-order valence-corrected chi connectivity index (χ0v) is 18.2. The number of nitrogens with one attached hydrogen (secondary N) is 1. The van der Waals surface area contributed by atoms with Gasteiger partial charge in [0.25, 0.3) is 11.5 Å². The van der Waals surface area contributed by atoms with Crippen molar-refractivity contribution in [1.82, 2.24) is 14.5 Å². The number of phosphoric ester groups is 1. The molecule has 2 rings (SSSR count). The third-order valence-corrected chi connectivity index (χ3v) is 4.43. The lowest BCUT2D eigenvalue weighted by atomic mass is 10.5. The fourth-order valence-corrected chi connectivity index (χ4v) is 2.93. The summed E-state index contributed by atoms with van der Waals surface area (Å²) in [4.78, 5) is 35.6. The molecule has 2 aromatic rings.